The number of hydrogen-bond acceptors (Lipinski definition) is 1. The van der Waals surface area contributed by atoms with Gasteiger partial charge in [-0.2, -0.15) is 0 Å². The van der Waals surface area contributed by atoms with E-state index in [0.717, 1.165) is 6.42 Å². The zero-order valence-corrected chi connectivity index (χ0v) is 12.8. The van der Waals surface area contributed by atoms with Gasteiger partial charge in [-0.15, -0.1) is 0 Å². The van der Waals surface area contributed by atoms with Crippen molar-refractivity contribution in [3.63, 3.8) is 0 Å². The van der Waals surface area contributed by atoms with Crippen molar-refractivity contribution in [2.45, 2.75) is 39.2 Å². The summed E-state index contributed by atoms with van der Waals surface area (Å²) in [7, 11) is 2.04. The minimum Gasteiger partial charge on any atom is -0.313 e. The molecule has 20 heavy (non-hydrogen) atoms. The Kier molecular flexibility index (Phi) is 5.37. The average Bonchev–Trinajstić information content (AvgIpc) is 2.46. The number of benzene rings is 2. The smallest absolute Gasteiger partial charge is 0.0358 e. The second-order valence-corrected chi connectivity index (χ2v) is 5.53. The summed E-state index contributed by atoms with van der Waals surface area (Å²) in [5.74, 6) is 0. The molecule has 0 saturated carbocycles. The first-order valence-corrected chi connectivity index (χ1v) is 7.54. The molecule has 0 aliphatic heterocycles. The second-order valence-electron chi connectivity index (χ2n) is 5.53. The predicted octanol–water partition coefficient (Wildman–Crippen LogP) is 4.45. The molecule has 0 saturated heterocycles. The quantitative estimate of drug-likeness (QED) is 0.815. The topological polar surface area (TPSA) is 12.0 Å². The van der Waals surface area contributed by atoms with Crippen LogP contribution in [-0.2, 0) is 12.8 Å². The van der Waals surface area contributed by atoms with Crippen molar-refractivity contribution in [2.24, 2.45) is 0 Å². The fourth-order valence-corrected chi connectivity index (χ4v) is 2.67. The molecule has 0 aromatic heterocycles. The highest BCUT2D eigenvalue weighted by Crippen LogP contribution is 2.19. The third-order valence-electron chi connectivity index (χ3n) is 3.79. The van der Waals surface area contributed by atoms with Crippen molar-refractivity contribution < 1.29 is 0 Å². The van der Waals surface area contributed by atoms with E-state index in [9.17, 15) is 0 Å². The van der Waals surface area contributed by atoms with E-state index in [0.29, 0.717) is 6.04 Å². The maximum absolute atomic E-state index is 3.44. The van der Waals surface area contributed by atoms with Gasteiger partial charge in [-0.05, 0) is 43.5 Å². The van der Waals surface area contributed by atoms with Crippen LogP contribution >= 0.6 is 0 Å². The number of likely N-dealkylation sites (N-methyl/N-ethyl adjacent to an activating group) is 1. The molecule has 1 heteroatoms. The maximum atomic E-state index is 3.44. The lowest BCUT2D eigenvalue weighted by atomic mass is 9.96. The lowest BCUT2D eigenvalue weighted by Crippen LogP contribution is -2.18. The molecule has 0 spiro atoms. The van der Waals surface area contributed by atoms with Crippen LogP contribution in [0.4, 0.5) is 0 Å². The van der Waals surface area contributed by atoms with E-state index in [-0.39, 0.29) is 0 Å². The highest BCUT2D eigenvalue weighted by molar-refractivity contribution is 5.29. The zero-order chi connectivity index (χ0) is 14.4. The van der Waals surface area contributed by atoms with Crippen molar-refractivity contribution in [1.29, 1.82) is 0 Å². The molecule has 0 bridgehead atoms. The Morgan fingerprint density at radius 3 is 2.35 bits per heavy atom. The summed E-state index contributed by atoms with van der Waals surface area (Å²) >= 11 is 0. The first-order valence-electron chi connectivity index (χ1n) is 7.54. The molecule has 1 unspecified atom stereocenters. The van der Waals surface area contributed by atoms with Crippen molar-refractivity contribution >= 4 is 0 Å². The van der Waals surface area contributed by atoms with E-state index in [2.05, 4.69) is 67.7 Å². The summed E-state index contributed by atoms with van der Waals surface area (Å²) in [6, 6.07) is 18.2. The Balaban J connectivity index is 2.11. The van der Waals surface area contributed by atoms with Gasteiger partial charge in [0.2, 0.25) is 0 Å². The molecule has 1 nitrogen and oxygen atoms in total. The van der Waals surface area contributed by atoms with Crippen LogP contribution in [0.15, 0.2) is 48.5 Å². The van der Waals surface area contributed by atoms with Gasteiger partial charge < -0.3 is 5.32 Å². The SMILES string of the molecule is CCCc1ccc(C(Cc2cccc(C)c2)NC)cc1. The second kappa shape index (κ2) is 7.25. The van der Waals surface area contributed by atoms with Crippen molar-refractivity contribution in [3.8, 4) is 0 Å². The van der Waals surface area contributed by atoms with Gasteiger partial charge in [0.25, 0.3) is 0 Å². The number of nitrogens with one attached hydrogen (secondary N) is 1. The highest BCUT2D eigenvalue weighted by Gasteiger charge is 2.10. The molecule has 2 rings (SSSR count). The number of rotatable bonds is 6. The summed E-state index contributed by atoms with van der Waals surface area (Å²) in [6.07, 6.45) is 3.41. The Labute approximate surface area is 123 Å². The van der Waals surface area contributed by atoms with Crippen LogP contribution < -0.4 is 5.32 Å². The normalized spacial score (nSPS) is 12.3. The van der Waals surface area contributed by atoms with E-state index in [1.807, 2.05) is 7.05 Å². The maximum Gasteiger partial charge on any atom is 0.0358 e. The van der Waals surface area contributed by atoms with Crippen LogP contribution in [0.1, 0.15) is 41.6 Å². The van der Waals surface area contributed by atoms with Gasteiger partial charge in [-0.25, -0.2) is 0 Å². The third kappa shape index (κ3) is 3.94. The number of hydrogen-bond donors (Lipinski definition) is 1. The zero-order valence-electron chi connectivity index (χ0n) is 12.8. The van der Waals surface area contributed by atoms with Gasteiger partial charge in [0.05, 0.1) is 0 Å². The average molecular weight is 267 g/mol. The molecule has 2 aromatic carbocycles. The van der Waals surface area contributed by atoms with Gasteiger partial charge in [0.15, 0.2) is 0 Å². The summed E-state index contributed by atoms with van der Waals surface area (Å²) in [5.41, 5.74) is 5.52. The lowest BCUT2D eigenvalue weighted by molar-refractivity contribution is 0.591. The van der Waals surface area contributed by atoms with Crippen LogP contribution in [0.5, 0.6) is 0 Å². The minimum atomic E-state index is 0.382. The molecule has 0 radical (unpaired) electrons. The van der Waals surface area contributed by atoms with Gasteiger partial charge in [-0.1, -0.05) is 67.4 Å². The van der Waals surface area contributed by atoms with Crippen LogP contribution in [0.25, 0.3) is 0 Å². The molecular formula is C19H25N. The minimum absolute atomic E-state index is 0.382. The van der Waals surface area contributed by atoms with Crippen LogP contribution in [0.3, 0.4) is 0 Å². The summed E-state index contributed by atoms with van der Waals surface area (Å²) in [6.45, 7) is 4.37. The van der Waals surface area contributed by atoms with E-state index in [4.69, 9.17) is 0 Å². The Morgan fingerprint density at radius 1 is 1.00 bits per heavy atom. The Bertz CT molecular complexity index is 528. The van der Waals surface area contributed by atoms with Gasteiger partial charge in [-0.3, -0.25) is 0 Å². The van der Waals surface area contributed by atoms with Gasteiger partial charge >= 0.3 is 0 Å². The third-order valence-corrected chi connectivity index (χ3v) is 3.79. The molecule has 0 aliphatic carbocycles. The lowest BCUT2D eigenvalue weighted by Gasteiger charge is -2.17. The number of aryl methyl sites for hydroxylation is 2. The van der Waals surface area contributed by atoms with Crippen molar-refractivity contribution in [2.75, 3.05) is 7.05 Å². The fourth-order valence-electron chi connectivity index (χ4n) is 2.67. The molecule has 0 fully saturated rings. The molecule has 0 heterocycles. The fraction of sp³-hybridized carbons (Fsp3) is 0.368. The molecule has 2 aromatic rings. The van der Waals surface area contributed by atoms with Crippen LogP contribution in [0.2, 0.25) is 0 Å². The summed E-state index contributed by atoms with van der Waals surface area (Å²) in [5, 5.41) is 3.44. The van der Waals surface area contributed by atoms with Crippen LogP contribution in [-0.4, -0.2) is 7.05 Å². The molecule has 106 valence electrons. The largest absolute Gasteiger partial charge is 0.313 e. The standard InChI is InChI=1S/C19H25N/c1-4-6-16-9-11-18(12-10-16)19(20-3)14-17-8-5-7-15(2)13-17/h5,7-13,19-20H,4,6,14H2,1-3H3. The molecular weight excluding hydrogens is 242 g/mol. The van der Waals surface area contributed by atoms with E-state index in [1.54, 1.807) is 0 Å². The van der Waals surface area contributed by atoms with E-state index < -0.39 is 0 Å². The Morgan fingerprint density at radius 2 is 1.75 bits per heavy atom. The van der Waals surface area contributed by atoms with Crippen molar-refractivity contribution in [1.82, 2.24) is 5.32 Å². The molecule has 1 N–H and O–H groups in total. The summed E-state index contributed by atoms with van der Waals surface area (Å²) in [4.78, 5) is 0. The van der Waals surface area contributed by atoms with Gasteiger partial charge in [0, 0.05) is 6.04 Å². The monoisotopic (exact) mass is 267 g/mol. The first kappa shape index (κ1) is 14.8. The highest BCUT2D eigenvalue weighted by atomic mass is 14.9. The Hall–Kier alpha value is -1.60. The van der Waals surface area contributed by atoms with E-state index in [1.165, 1.54) is 35.1 Å². The van der Waals surface area contributed by atoms with Crippen molar-refractivity contribution in [3.05, 3.63) is 70.8 Å². The van der Waals surface area contributed by atoms with E-state index >= 15 is 0 Å². The van der Waals surface area contributed by atoms with Gasteiger partial charge in [0.1, 0.15) is 0 Å². The summed E-state index contributed by atoms with van der Waals surface area (Å²) < 4.78 is 0. The molecule has 1 atom stereocenters. The molecule has 0 aliphatic rings. The van der Waals surface area contributed by atoms with Crippen LogP contribution in [0, 0.1) is 6.92 Å². The molecule has 0 amide bonds. The predicted molar refractivity (Wildman–Crippen MR) is 87.1 cm³/mol. The first-order chi connectivity index (χ1) is 9.72.